The molecule has 0 saturated carbocycles. The molecule has 2 N–H and O–H groups in total. The van der Waals surface area contributed by atoms with Gasteiger partial charge in [-0.2, -0.15) is 0 Å². The largest absolute Gasteiger partial charge is 0.461 e. The van der Waals surface area contributed by atoms with Crippen LogP contribution in [0, 0.1) is 0 Å². The van der Waals surface area contributed by atoms with Crippen molar-refractivity contribution in [3.8, 4) is 0 Å². The lowest BCUT2D eigenvalue weighted by molar-refractivity contribution is -0.129. The van der Waals surface area contributed by atoms with Crippen molar-refractivity contribution in [1.29, 1.82) is 0 Å². The molecule has 1 aromatic rings. The summed E-state index contributed by atoms with van der Waals surface area (Å²) in [7, 11) is 3.28. The van der Waals surface area contributed by atoms with Gasteiger partial charge in [0.2, 0.25) is 5.91 Å². The molecule has 0 unspecified atom stereocenters. The Labute approximate surface area is 110 Å². The summed E-state index contributed by atoms with van der Waals surface area (Å²) in [6, 6.07) is 4.56. The third-order valence-corrected chi connectivity index (χ3v) is 2.52. The number of nitrogens with zero attached hydrogens (tertiary/aromatic N) is 1. The fourth-order valence-corrected chi connectivity index (χ4v) is 1.41. The van der Waals surface area contributed by atoms with Gasteiger partial charge >= 0.3 is 5.97 Å². The van der Waals surface area contributed by atoms with Crippen LogP contribution in [0.3, 0.4) is 0 Å². The zero-order valence-electron chi connectivity index (χ0n) is 10.3. The molecule has 0 heterocycles. The lowest BCUT2D eigenvalue weighted by Crippen LogP contribution is -2.23. The highest BCUT2D eigenvalue weighted by atomic mass is 35.5. The second kappa shape index (κ2) is 6.26. The minimum atomic E-state index is -0.582. The van der Waals surface area contributed by atoms with E-state index in [0.717, 1.165) is 0 Å². The van der Waals surface area contributed by atoms with Crippen molar-refractivity contribution in [2.45, 2.75) is 6.42 Å². The molecule has 0 saturated heterocycles. The van der Waals surface area contributed by atoms with Gasteiger partial charge < -0.3 is 15.4 Å². The Kier molecular flexibility index (Phi) is 4.97. The van der Waals surface area contributed by atoms with Crippen LogP contribution in [0.4, 0.5) is 5.69 Å². The maximum Gasteiger partial charge on any atom is 0.340 e. The smallest absolute Gasteiger partial charge is 0.340 e. The number of anilines is 1. The van der Waals surface area contributed by atoms with Gasteiger partial charge in [-0.3, -0.25) is 4.79 Å². The average molecular weight is 271 g/mol. The predicted octanol–water partition coefficient (Wildman–Crippen LogP) is 1.56. The number of nitrogen functional groups attached to an aromatic ring is 1. The first kappa shape index (κ1) is 14.3. The van der Waals surface area contributed by atoms with Gasteiger partial charge in [0.25, 0.3) is 0 Å². The Morgan fingerprint density at radius 2 is 2.06 bits per heavy atom. The molecular formula is C12H15ClN2O3. The van der Waals surface area contributed by atoms with Crippen LogP contribution in [0.5, 0.6) is 0 Å². The number of hydrogen-bond acceptors (Lipinski definition) is 4. The van der Waals surface area contributed by atoms with E-state index in [-0.39, 0.29) is 24.5 Å². The van der Waals surface area contributed by atoms with Gasteiger partial charge in [0.15, 0.2) is 0 Å². The van der Waals surface area contributed by atoms with Crippen molar-refractivity contribution in [1.82, 2.24) is 4.90 Å². The standard InChI is InChI=1S/C12H15ClN2O3/c1-15(2)11(16)5-6-18-12(17)9-7-8(13)3-4-10(9)14/h3-4,7H,5-6,14H2,1-2H3. The summed E-state index contributed by atoms with van der Waals surface area (Å²) in [6.07, 6.45) is 0.138. The zero-order chi connectivity index (χ0) is 13.7. The van der Waals surface area contributed by atoms with Crippen molar-refractivity contribution in [3.63, 3.8) is 0 Å². The number of benzene rings is 1. The maximum atomic E-state index is 11.7. The van der Waals surface area contributed by atoms with E-state index in [1.54, 1.807) is 20.2 Å². The number of rotatable bonds is 4. The first-order chi connectivity index (χ1) is 8.41. The van der Waals surface area contributed by atoms with Crippen molar-refractivity contribution in [2.24, 2.45) is 0 Å². The maximum absolute atomic E-state index is 11.7. The molecule has 0 atom stereocenters. The number of carbonyl (C=O) groups is 2. The second-order valence-corrected chi connectivity index (χ2v) is 4.34. The molecule has 0 aliphatic carbocycles. The number of carbonyl (C=O) groups excluding carboxylic acids is 2. The summed E-state index contributed by atoms with van der Waals surface area (Å²) in [4.78, 5) is 24.4. The predicted molar refractivity (Wildman–Crippen MR) is 69.5 cm³/mol. The summed E-state index contributed by atoms with van der Waals surface area (Å²) >= 11 is 5.76. The van der Waals surface area contributed by atoms with E-state index in [2.05, 4.69) is 0 Å². The number of amides is 1. The van der Waals surface area contributed by atoms with Gasteiger partial charge in [-0.15, -0.1) is 0 Å². The van der Waals surface area contributed by atoms with Gasteiger partial charge in [0.1, 0.15) is 6.61 Å². The summed E-state index contributed by atoms with van der Waals surface area (Å²) < 4.78 is 4.96. The first-order valence-corrected chi connectivity index (χ1v) is 5.72. The van der Waals surface area contributed by atoms with Crippen molar-refractivity contribution in [2.75, 3.05) is 26.4 Å². The molecule has 0 bridgehead atoms. The second-order valence-electron chi connectivity index (χ2n) is 3.91. The lowest BCUT2D eigenvalue weighted by Gasteiger charge is -2.10. The zero-order valence-corrected chi connectivity index (χ0v) is 11.0. The van der Waals surface area contributed by atoms with Gasteiger partial charge in [-0.1, -0.05) is 11.6 Å². The van der Waals surface area contributed by atoms with Crippen LogP contribution in [-0.4, -0.2) is 37.5 Å². The topological polar surface area (TPSA) is 72.6 Å². The van der Waals surface area contributed by atoms with Gasteiger partial charge in [0, 0.05) is 24.8 Å². The number of esters is 1. The van der Waals surface area contributed by atoms with Crippen LogP contribution in [0.25, 0.3) is 0 Å². The van der Waals surface area contributed by atoms with Crippen LogP contribution < -0.4 is 5.73 Å². The molecule has 0 fully saturated rings. The van der Waals surface area contributed by atoms with Crippen molar-refractivity contribution in [3.05, 3.63) is 28.8 Å². The van der Waals surface area contributed by atoms with E-state index in [0.29, 0.717) is 10.7 Å². The monoisotopic (exact) mass is 270 g/mol. The van der Waals surface area contributed by atoms with Crippen LogP contribution in [0.1, 0.15) is 16.8 Å². The third kappa shape index (κ3) is 3.92. The van der Waals surface area contributed by atoms with Crippen molar-refractivity contribution < 1.29 is 14.3 Å². The first-order valence-electron chi connectivity index (χ1n) is 5.34. The SMILES string of the molecule is CN(C)C(=O)CCOC(=O)c1cc(Cl)ccc1N. The average Bonchev–Trinajstić information content (AvgIpc) is 2.31. The molecule has 0 radical (unpaired) electrons. The highest BCUT2D eigenvalue weighted by Crippen LogP contribution is 2.18. The summed E-state index contributed by atoms with van der Waals surface area (Å²) in [5, 5.41) is 0.403. The molecule has 1 amide bonds. The molecule has 0 aliphatic rings. The highest BCUT2D eigenvalue weighted by molar-refractivity contribution is 6.31. The molecule has 1 aromatic carbocycles. The van der Waals surface area contributed by atoms with Crippen LogP contribution in [0.15, 0.2) is 18.2 Å². The van der Waals surface area contributed by atoms with E-state index in [1.807, 2.05) is 0 Å². The molecule has 6 heteroatoms. The molecule has 98 valence electrons. The van der Waals surface area contributed by atoms with E-state index in [4.69, 9.17) is 22.1 Å². The molecule has 0 aliphatic heterocycles. The van der Waals surface area contributed by atoms with Gasteiger partial charge in [-0.05, 0) is 18.2 Å². The fraction of sp³-hybridized carbons (Fsp3) is 0.333. The molecular weight excluding hydrogens is 256 g/mol. The number of hydrogen-bond donors (Lipinski definition) is 1. The van der Waals surface area contributed by atoms with Crippen molar-refractivity contribution >= 4 is 29.2 Å². The molecule has 5 nitrogen and oxygen atoms in total. The highest BCUT2D eigenvalue weighted by Gasteiger charge is 2.13. The molecule has 0 aromatic heterocycles. The van der Waals surface area contributed by atoms with Crippen LogP contribution >= 0.6 is 11.6 Å². The fourth-order valence-electron chi connectivity index (χ4n) is 1.24. The number of ether oxygens (including phenoxy) is 1. The van der Waals surface area contributed by atoms with Gasteiger partial charge in [0.05, 0.1) is 12.0 Å². The summed E-state index contributed by atoms with van der Waals surface area (Å²) in [6.45, 7) is 0.0157. The normalized spacial score (nSPS) is 9.94. The third-order valence-electron chi connectivity index (χ3n) is 2.28. The minimum absolute atomic E-state index is 0.0157. The Balaban J connectivity index is 2.56. The lowest BCUT2D eigenvalue weighted by atomic mass is 10.2. The quantitative estimate of drug-likeness (QED) is 0.666. The summed E-state index contributed by atoms with van der Waals surface area (Å²) in [5.41, 5.74) is 6.14. The Hall–Kier alpha value is -1.75. The van der Waals surface area contributed by atoms with Crippen LogP contribution in [-0.2, 0) is 9.53 Å². The van der Waals surface area contributed by atoms with E-state index in [1.165, 1.54) is 17.0 Å². The molecule has 18 heavy (non-hydrogen) atoms. The molecule has 1 rings (SSSR count). The molecule has 0 spiro atoms. The number of halogens is 1. The number of nitrogens with two attached hydrogens (primary N) is 1. The minimum Gasteiger partial charge on any atom is -0.461 e. The van der Waals surface area contributed by atoms with E-state index >= 15 is 0 Å². The van der Waals surface area contributed by atoms with E-state index in [9.17, 15) is 9.59 Å². The van der Waals surface area contributed by atoms with Crippen LogP contribution in [0.2, 0.25) is 5.02 Å². The Morgan fingerprint density at radius 1 is 1.39 bits per heavy atom. The van der Waals surface area contributed by atoms with E-state index < -0.39 is 5.97 Å². The summed E-state index contributed by atoms with van der Waals surface area (Å²) in [5.74, 6) is -0.691. The Bertz CT molecular complexity index is 461. The van der Waals surface area contributed by atoms with Gasteiger partial charge in [-0.25, -0.2) is 4.79 Å². The Morgan fingerprint density at radius 3 is 2.67 bits per heavy atom.